The van der Waals surface area contributed by atoms with E-state index >= 15 is 0 Å². The van der Waals surface area contributed by atoms with E-state index in [2.05, 4.69) is 0 Å². The molecule has 0 aromatic heterocycles. The summed E-state index contributed by atoms with van der Waals surface area (Å²) in [6.45, 7) is 1.08. The summed E-state index contributed by atoms with van der Waals surface area (Å²) >= 11 is 0. The van der Waals surface area contributed by atoms with E-state index in [1.165, 1.54) is 0 Å². The van der Waals surface area contributed by atoms with Crippen LogP contribution in [0.5, 0.6) is 0 Å². The summed E-state index contributed by atoms with van der Waals surface area (Å²) in [5, 5.41) is 17.9. The molecule has 9 heteroatoms. The molecule has 0 amide bonds. The Morgan fingerprint density at radius 3 is 2.32 bits per heavy atom. The number of aliphatic hydroxyl groups is 1. The minimum Gasteiger partial charge on any atom is -0.480 e. The van der Waals surface area contributed by atoms with Crippen LogP contribution in [-0.2, 0) is 14.8 Å². The molecular formula is C10H11F2NO5S. The summed E-state index contributed by atoms with van der Waals surface area (Å²) in [4.78, 5) is 10.1. The van der Waals surface area contributed by atoms with Crippen molar-refractivity contribution in [3.05, 3.63) is 29.8 Å². The molecule has 0 saturated carbocycles. The molecule has 0 saturated heterocycles. The lowest BCUT2D eigenvalue weighted by Gasteiger charge is -2.17. The number of nitrogens with one attached hydrogen (secondary N) is 1. The number of benzene rings is 1. The average molecular weight is 295 g/mol. The average Bonchev–Trinajstić information content (AvgIpc) is 2.28. The first-order valence-electron chi connectivity index (χ1n) is 5.03. The Kier molecular flexibility index (Phi) is 4.56. The first kappa shape index (κ1) is 15.5. The lowest BCUT2D eigenvalue weighted by Crippen LogP contribution is -2.47. The third kappa shape index (κ3) is 3.69. The van der Waals surface area contributed by atoms with Crippen LogP contribution < -0.4 is 4.72 Å². The summed E-state index contributed by atoms with van der Waals surface area (Å²) in [7, 11) is -4.39. The molecule has 0 aliphatic rings. The molecule has 0 fully saturated rings. The highest BCUT2D eigenvalue weighted by Gasteiger charge is 2.29. The van der Waals surface area contributed by atoms with Crippen molar-refractivity contribution in [2.75, 3.05) is 0 Å². The van der Waals surface area contributed by atoms with Crippen molar-refractivity contribution in [1.29, 1.82) is 0 Å². The Morgan fingerprint density at radius 2 is 1.89 bits per heavy atom. The third-order valence-electron chi connectivity index (χ3n) is 2.23. The Hall–Kier alpha value is -1.58. The van der Waals surface area contributed by atoms with Gasteiger partial charge in [0.1, 0.15) is 6.04 Å². The van der Waals surface area contributed by atoms with E-state index in [-0.39, 0.29) is 0 Å². The van der Waals surface area contributed by atoms with Gasteiger partial charge in [-0.2, -0.15) is 4.72 Å². The van der Waals surface area contributed by atoms with Crippen LogP contribution in [0.2, 0.25) is 0 Å². The number of aliphatic carboxylic acids is 1. The Labute approximate surface area is 107 Å². The first-order valence-corrected chi connectivity index (χ1v) is 6.51. The smallest absolute Gasteiger partial charge is 0.324 e. The molecule has 0 aliphatic heterocycles. The molecule has 0 spiro atoms. The van der Waals surface area contributed by atoms with Crippen molar-refractivity contribution >= 4 is 16.0 Å². The van der Waals surface area contributed by atoms with Crippen molar-refractivity contribution in [2.45, 2.75) is 24.0 Å². The zero-order valence-corrected chi connectivity index (χ0v) is 10.5. The minimum absolute atomic E-state index is 0.415. The number of rotatable bonds is 5. The monoisotopic (exact) mass is 295 g/mol. The quantitative estimate of drug-likeness (QED) is 0.713. The van der Waals surface area contributed by atoms with Gasteiger partial charge in [0.2, 0.25) is 10.0 Å². The molecule has 1 aromatic rings. The molecule has 6 nitrogen and oxygen atoms in total. The fraction of sp³-hybridized carbons (Fsp3) is 0.300. The molecule has 0 aliphatic carbocycles. The zero-order valence-electron chi connectivity index (χ0n) is 9.67. The lowest BCUT2D eigenvalue weighted by atomic mass is 10.2. The van der Waals surface area contributed by atoms with Gasteiger partial charge in [-0.05, 0) is 25.1 Å². The molecule has 0 unspecified atom stereocenters. The Balaban J connectivity index is 3.10. The maximum Gasteiger partial charge on any atom is 0.324 e. The van der Waals surface area contributed by atoms with Crippen molar-refractivity contribution in [2.24, 2.45) is 0 Å². The van der Waals surface area contributed by atoms with Crippen LogP contribution in [0.4, 0.5) is 8.78 Å². The number of halogens is 2. The molecule has 1 aromatic carbocycles. The number of carboxylic acids is 1. The molecule has 106 valence electrons. The van der Waals surface area contributed by atoms with Crippen molar-refractivity contribution in [1.82, 2.24) is 4.72 Å². The fourth-order valence-electron chi connectivity index (χ4n) is 1.23. The van der Waals surface area contributed by atoms with E-state index in [0.717, 1.165) is 13.0 Å². The standard InChI is InChI=1S/C10H11F2NO5S/c1-5(14)9(10(15)16)13-19(17,18)6-2-3-7(11)8(12)4-6/h2-5,9,13-14H,1H3,(H,15,16)/t5-,9+/m1/s1. The molecule has 0 radical (unpaired) electrons. The molecule has 1 rings (SSSR count). The van der Waals surface area contributed by atoms with Gasteiger partial charge in [0.15, 0.2) is 11.6 Å². The highest BCUT2D eigenvalue weighted by molar-refractivity contribution is 7.89. The summed E-state index contributed by atoms with van der Waals surface area (Å²) in [6, 6.07) is 0.000596. The van der Waals surface area contributed by atoms with Gasteiger partial charge in [-0.1, -0.05) is 0 Å². The number of hydrogen-bond donors (Lipinski definition) is 3. The molecular weight excluding hydrogens is 284 g/mol. The van der Waals surface area contributed by atoms with Gasteiger partial charge < -0.3 is 10.2 Å². The van der Waals surface area contributed by atoms with Gasteiger partial charge in [-0.3, -0.25) is 4.79 Å². The summed E-state index contributed by atoms with van der Waals surface area (Å²) in [5.41, 5.74) is 0. The van der Waals surface area contributed by atoms with Gasteiger partial charge in [0.25, 0.3) is 0 Å². The minimum atomic E-state index is -4.39. The maximum atomic E-state index is 12.9. The number of sulfonamides is 1. The lowest BCUT2D eigenvalue weighted by molar-refractivity contribution is -0.141. The molecule has 2 atom stereocenters. The third-order valence-corrected chi connectivity index (χ3v) is 3.67. The number of aliphatic hydroxyl groups excluding tert-OH is 1. The van der Waals surface area contributed by atoms with Crippen LogP contribution in [0.25, 0.3) is 0 Å². The van der Waals surface area contributed by atoms with Gasteiger partial charge >= 0.3 is 5.97 Å². The highest BCUT2D eigenvalue weighted by atomic mass is 32.2. The van der Waals surface area contributed by atoms with Crippen LogP contribution in [0, 0.1) is 11.6 Å². The van der Waals surface area contributed by atoms with E-state index < -0.39 is 44.7 Å². The predicted octanol–water partition coefficient (Wildman–Crippen LogP) is 0.0771. The molecule has 19 heavy (non-hydrogen) atoms. The van der Waals surface area contributed by atoms with Crippen molar-refractivity contribution < 1.29 is 32.2 Å². The SMILES string of the molecule is C[C@@H](O)[C@H](NS(=O)(=O)c1ccc(F)c(F)c1)C(=O)O. The summed E-state index contributed by atoms with van der Waals surface area (Å²) < 4.78 is 50.8. The topological polar surface area (TPSA) is 104 Å². The second-order valence-electron chi connectivity index (χ2n) is 3.75. The zero-order chi connectivity index (χ0) is 14.8. The second kappa shape index (κ2) is 5.59. The van der Waals surface area contributed by atoms with Crippen LogP contribution in [0.3, 0.4) is 0 Å². The van der Waals surface area contributed by atoms with Gasteiger partial charge in [0.05, 0.1) is 11.0 Å². The fourth-order valence-corrected chi connectivity index (χ4v) is 2.51. The molecule has 3 N–H and O–H groups in total. The van der Waals surface area contributed by atoms with Crippen molar-refractivity contribution in [3.8, 4) is 0 Å². The Bertz CT molecular complexity index is 588. The second-order valence-corrected chi connectivity index (χ2v) is 5.47. The van der Waals surface area contributed by atoms with Gasteiger partial charge in [-0.15, -0.1) is 0 Å². The van der Waals surface area contributed by atoms with Gasteiger partial charge in [0, 0.05) is 0 Å². The predicted molar refractivity (Wildman–Crippen MR) is 59.8 cm³/mol. The van der Waals surface area contributed by atoms with E-state index in [1.807, 2.05) is 0 Å². The number of hydrogen-bond acceptors (Lipinski definition) is 4. The summed E-state index contributed by atoms with van der Waals surface area (Å²) in [6.07, 6.45) is -1.50. The first-order chi connectivity index (χ1) is 8.65. The van der Waals surface area contributed by atoms with E-state index in [1.54, 1.807) is 4.72 Å². The Morgan fingerprint density at radius 1 is 1.32 bits per heavy atom. The van der Waals surface area contributed by atoms with Crippen LogP contribution in [0.1, 0.15) is 6.92 Å². The number of carbonyl (C=O) groups is 1. The van der Waals surface area contributed by atoms with Gasteiger partial charge in [-0.25, -0.2) is 17.2 Å². The van der Waals surface area contributed by atoms with E-state index in [0.29, 0.717) is 12.1 Å². The van der Waals surface area contributed by atoms with E-state index in [4.69, 9.17) is 10.2 Å². The largest absolute Gasteiger partial charge is 0.480 e. The van der Waals surface area contributed by atoms with Crippen LogP contribution in [0.15, 0.2) is 23.1 Å². The molecule has 0 bridgehead atoms. The van der Waals surface area contributed by atoms with Crippen LogP contribution in [-0.4, -0.2) is 36.7 Å². The van der Waals surface area contributed by atoms with Crippen LogP contribution >= 0.6 is 0 Å². The maximum absolute atomic E-state index is 12.9. The summed E-state index contributed by atoms with van der Waals surface area (Å²) in [5.74, 6) is -4.21. The normalized spacial score (nSPS) is 14.9. The molecule has 0 heterocycles. The van der Waals surface area contributed by atoms with Crippen molar-refractivity contribution in [3.63, 3.8) is 0 Å². The van der Waals surface area contributed by atoms with E-state index in [9.17, 15) is 22.0 Å². The number of carboxylic acid groups (broad SMARTS) is 1. The highest BCUT2D eigenvalue weighted by Crippen LogP contribution is 2.14.